The second-order valence-corrected chi connectivity index (χ2v) is 8.42. The Morgan fingerprint density at radius 2 is 1.67 bits per heavy atom. The number of halogens is 1. The van der Waals surface area contributed by atoms with Crippen LogP contribution in [0.4, 0.5) is 10.5 Å². The lowest BCUT2D eigenvalue weighted by molar-refractivity contribution is 0.00578. The Morgan fingerprint density at radius 1 is 1.12 bits per heavy atom. The summed E-state index contributed by atoms with van der Waals surface area (Å²) in [5.41, 5.74) is -0.192. The van der Waals surface area contributed by atoms with Gasteiger partial charge < -0.3 is 14.0 Å². The van der Waals surface area contributed by atoms with Gasteiger partial charge in [-0.2, -0.15) is 0 Å². The number of anilines is 1. The summed E-state index contributed by atoms with van der Waals surface area (Å²) in [6.07, 6.45) is -0.537. The number of amides is 1. The average Bonchev–Trinajstić information content (AvgIpc) is 2.55. The maximum Gasteiger partial charge on any atom is 0.494 e. The molecule has 0 aromatic heterocycles. The van der Waals surface area contributed by atoms with Gasteiger partial charge in [-0.25, -0.2) is 4.79 Å². The third kappa shape index (κ3) is 4.44. The minimum Gasteiger partial charge on any atom is -0.444 e. The third-order valence-corrected chi connectivity index (χ3v) is 4.31. The first-order valence-corrected chi connectivity index (χ1v) is 8.33. The van der Waals surface area contributed by atoms with Gasteiger partial charge in [-0.1, -0.05) is 11.6 Å². The molecule has 1 saturated heterocycles. The first-order valence-electron chi connectivity index (χ1n) is 7.95. The maximum absolute atomic E-state index is 11.9. The van der Waals surface area contributed by atoms with Gasteiger partial charge >= 0.3 is 13.2 Å². The van der Waals surface area contributed by atoms with E-state index in [9.17, 15) is 4.79 Å². The topological polar surface area (TPSA) is 56.8 Å². The van der Waals surface area contributed by atoms with Crippen LogP contribution in [0.5, 0.6) is 0 Å². The van der Waals surface area contributed by atoms with Crippen molar-refractivity contribution in [3.63, 3.8) is 0 Å². The zero-order valence-corrected chi connectivity index (χ0v) is 16.1. The van der Waals surface area contributed by atoms with Crippen molar-refractivity contribution < 1.29 is 18.8 Å². The Hall–Kier alpha value is -1.24. The van der Waals surface area contributed by atoms with Crippen molar-refractivity contribution in [3.8, 4) is 0 Å². The van der Waals surface area contributed by atoms with Crippen LogP contribution in [0.2, 0.25) is 5.02 Å². The standard InChI is InChI=1S/C17H25BClNO4/c1-15(2,3)22-14(21)20-13-9-11(8-12(19)10-13)18-23-16(4,5)17(6,7)24-18/h8-10H,1-7H3,(H,20,21). The molecule has 0 aliphatic carbocycles. The molecule has 7 heteroatoms. The molecular weight excluding hydrogens is 328 g/mol. The molecule has 1 amide bonds. The Labute approximate surface area is 149 Å². The predicted octanol–water partition coefficient (Wildman–Crippen LogP) is 3.99. The van der Waals surface area contributed by atoms with Crippen LogP contribution in [0, 0.1) is 0 Å². The van der Waals surface area contributed by atoms with Gasteiger partial charge in [0.05, 0.1) is 11.2 Å². The quantitative estimate of drug-likeness (QED) is 0.817. The molecule has 1 heterocycles. The molecule has 0 radical (unpaired) electrons. The Balaban J connectivity index is 2.20. The third-order valence-electron chi connectivity index (χ3n) is 4.09. The molecule has 1 aromatic carbocycles. The normalized spacial score (nSPS) is 19.2. The Bertz CT molecular complexity index is 624. The smallest absolute Gasteiger partial charge is 0.444 e. The van der Waals surface area contributed by atoms with Crippen molar-refractivity contribution in [3.05, 3.63) is 23.2 Å². The van der Waals surface area contributed by atoms with Crippen LogP contribution in [0.1, 0.15) is 48.5 Å². The highest BCUT2D eigenvalue weighted by atomic mass is 35.5. The second kappa shape index (κ2) is 6.25. The molecular formula is C17H25BClNO4. The number of benzene rings is 1. The van der Waals surface area contributed by atoms with E-state index in [1.54, 1.807) is 39.0 Å². The van der Waals surface area contributed by atoms with Crippen molar-refractivity contribution in [2.45, 2.75) is 65.3 Å². The molecule has 0 saturated carbocycles. The molecule has 1 aliphatic rings. The van der Waals surface area contributed by atoms with Crippen LogP contribution in [0.15, 0.2) is 18.2 Å². The van der Waals surface area contributed by atoms with E-state index in [4.69, 9.17) is 25.6 Å². The highest BCUT2D eigenvalue weighted by molar-refractivity contribution is 6.62. The molecule has 0 bridgehead atoms. The Morgan fingerprint density at radius 3 is 2.17 bits per heavy atom. The summed E-state index contributed by atoms with van der Waals surface area (Å²) >= 11 is 6.18. The highest BCUT2D eigenvalue weighted by Gasteiger charge is 2.51. The van der Waals surface area contributed by atoms with E-state index in [1.165, 1.54) is 0 Å². The minimum atomic E-state index is -0.572. The minimum absolute atomic E-state index is 0.446. The van der Waals surface area contributed by atoms with E-state index in [0.717, 1.165) is 5.46 Å². The lowest BCUT2D eigenvalue weighted by Crippen LogP contribution is -2.41. The first-order chi connectivity index (χ1) is 10.8. The molecule has 2 rings (SSSR count). The summed E-state index contributed by atoms with van der Waals surface area (Å²) < 4.78 is 17.3. The molecule has 0 unspecified atom stereocenters. The van der Waals surface area contributed by atoms with Crippen LogP contribution in [-0.4, -0.2) is 30.0 Å². The number of carbonyl (C=O) groups is 1. The van der Waals surface area contributed by atoms with E-state index in [1.807, 2.05) is 27.7 Å². The predicted molar refractivity (Wildman–Crippen MR) is 97.0 cm³/mol. The number of hydrogen-bond donors (Lipinski definition) is 1. The van der Waals surface area contributed by atoms with Crippen LogP contribution < -0.4 is 10.8 Å². The number of hydrogen-bond acceptors (Lipinski definition) is 4. The van der Waals surface area contributed by atoms with Crippen molar-refractivity contribution in [2.75, 3.05) is 5.32 Å². The summed E-state index contributed by atoms with van der Waals surface area (Å²) in [5, 5.41) is 3.17. The fraction of sp³-hybridized carbons (Fsp3) is 0.588. The number of ether oxygens (including phenoxy) is 1. The molecule has 132 valence electrons. The van der Waals surface area contributed by atoms with E-state index < -0.39 is 30.0 Å². The summed E-state index contributed by atoms with van der Waals surface area (Å²) in [7, 11) is -0.548. The van der Waals surface area contributed by atoms with Gasteiger partial charge in [-0.15, -0.1) is 0 Å². The largest absolute Gasteiger partial charge is 0.494 e. The van der Waals surface area contributed by atoms with E-state index in [2.05, 4.69) is 5.32 Å². The molecule has 1 aliphatic heterocycles. The highest BCUT2D eigenvalue weighted by Crippen LogP contribution is 2.36. The zero-order valence-electron chi connectivity index (χ0n) is 15.3. The van der Waals surface area contributed by atoms with E-state index in [-0.39, 0.29) is 0 Å². The SMILES string of the molecule is CC(C)(C)OC(=O)Nc1cc(Cl)cc(B2OC(C)(C)C(C)(C)O2)c1. The van der Waals surface area contributed by atoms with Gasteiger partial charge in [-0.3, -0.25) is 5.32 Å². The molecule has 0 spiro atoms. The summed E-state index contributed by atoms with van der Waals surface area (Å²) in [6, 6.07) is 5.20. The lowest BCUT2D eigenvalue weighted by atomic mass is 9.79. The van der Waals surface area contributed by atoms with Crippen molar-refractivity contribution >= 4 is 36.0 Å². The second-order valence-electron chi connectivity index (χ2n) is 7.99. The molecule has 0 atom stereocenters. The molecule has 1 N–H and O–H groups in total. The van der Waals surface area contributed by atoms with E-state index in [0.29, 0.717) is 10.7 Å². The van der Waals surface area contributed by atoms with Gasteiger partial charge in [0.2, 0.25) is 0 Å². The monoisotopic (exact) mass is 353 g/mol. The van der Waals surface area contributed by atoms with Crippen molar-refractivity contribution in [1.82, 2.24) is 0 Å². The Kier molecular flexibility index (Phi) is 4.97. The van der Waals surface area contributed by atoms with Crippen LogP contribution >= 0.6 is 11.6 Å². The van der Waals surface area contributed by atoms with Gasteiger partial charge in [0, 0.05) is 10.7 Å². The van der Waals surface area contributed by atoms with Crippen LogP contribution in [-0.2, 0) is 14.0 Å². The number of rotatable bonds is 2. The van der Waals surface area contributed by atoms with Crippen molar-refractivity contribution in [1.29, 1.82) is 0 Å². The summed E-state index contributed by atoms with van der Waals surface area (Å²) in [4.78, 5) is 11.9. The van der Waals surface area contributed by atoms with Gasteiger partial charge in [0.1, 0.15) is 5.60 Å². The fourth-order valence-corrected chi connectivity index (χ4v) is 2.46. The molecule has 5 nitrogen and oxygen atoms in total. The van der Waals surface area contributed by atoms with Crippen molar-refractivity contribution in [2.24, 2.45) is 0 Å². The average molecular weight is 354 g/mol. The number of carbonyl (C=O) groups excluding carboxylic acids is 1. The lowest BCUT2D eigenvalue weighted by Gasteiger charge is -2.32. The summed E-state index contributed by atoms with van der Waals surface area (Å²) in [5.74, 6) is 0. The first kappa shape index (κ1) is 19.1. The van der Waals surface area contributed by atoms with Crippen LogP contribution in [0.25, 0.3) is 0 Å². The summed E-state index contributed by atoms with van der Waals surface area (Å²) in [6.45, 7) is 13.4. The fourth-order valence-electron chi connectivity index (χ4n) is 2.22. The molecule has 1 fully saturated rings. The molecule has 24 heavy (non-hydrogen) atoms. The van der Waals surface area contributed by atoms with Gasteiger partial charge in [0.15, 0.2) is 0 Å². The number of nitrogens with one attached hydrogen (secondary N) is 1. The van der Waals surface area contributed by atoms with Crippen LogP contribution in [0.3, 0.4) is 0 Å². The van der Waals surface area contributed by atoms with Gasteiger partial charge in [0.25, 0.3) is 0 Å². The zero-order chi connectivity index (χ0) is 18.3. The molecule has 1 aromatic rings. The maximum atomic E-state index is 11.9. The van der Waals surface area contributed by atoms with Gasteiger partial charge in [-0.05, 0) is 72.1 Å². The van der Waals surface area contributed by atoms with E-state index >= 15 is 0 Å².